The molecule has 0 aliphatic heterocycles. The van der Waals surface area contributed by atoms with E-state index in [4.69, 9.17) is 4.55 Å². The first-order valence-electron chi connectivity index (χ1n) is 3.24. The van der Waals surface area contributed by atoms with E-state index in [9.17, 15) is 18.3 Å². The van der Waals surface area contributed by atoms with Crippen LogP contribution in [0.25, 0.3) is 0 Å². The molecule has 0 aromatic carbocycles. The predicted molar refractivity (Wildman–Crippen MR) is 39.8 cm³/mol. The molecule has 0 saturated carbocycles. The molecule has 0 aromatic rings. The maximum absolute atomic E-state index is 10.1. The van der Waals surface area contributed by atoms with Gasteiger partial charge in [0.15, 0.2) is 0 Å². The largest absolute Gasteiger partial charge is 1.00 e. The summed E-state index contributed by atoms with van der Waals surface area (Å²) in [4.78, 5) is 9.79. The Hall–Kier alpha value is 0.756. The average Bonchev–Trinajstić information content (AvgIpc) is 1.83. The van der Waals surface area contributed by atoms with Crippen LogP contribution in [0.4, 0.5) is 0 Å². The fraction of sp³-hybridized carbons (Fsp3) is 0.500. The van der Waals surface area contributed by atoms with E-state index in [0.717, 1.165) is 6.08 Å². The van der Waals surface area contributed by atoms with E-state index < -0.39 is 16.1 Å². The summed E-state index contributed by atoms with van der Waals surface area (Å²) >= 11 is 0. The van der Waals surface area contributed by atoms with Crippen LogP contribution in [-0.4, -0.2) is 24.7 Å². The molecule has 0 radical (unpaired) electrons. The van der Waals surface area contributed by atoms with Gasteiger partial charge in [-0.25, -0.2) is 0 Å². The third-order valence-corrected chi connectivity index (χ3v) is 1.83. The van der Waals surface area contributed by atoms with Gasteiger partial charge >= 0.3 is 51.4 Å². The molecule has 7 heteroatoms. The molecule has 5 nitrogen and oxygen atoms in total. The van der Waals surface area contributed by atoms with E-state index >= 15 is 0 Å². The third kappa shape index (κ3) is 15.5. The first-order valence-corrected chi connectivity index (χ1v) is 4.85. The minimum absolute atomic E-state index is 0. The molecule has 0 atom stereocenters. The van der Waals surface area contributed by atoms with Gasteiger partial charge in [0.25, 0.3) is 10.1 Å². The number of aliphatic carboxylic acids is 1. The minimum atomic E-state index is -3.92. The smallest absolute Gasteiger partial charge is 0.545 e. The van der Waals surface area contributed by atoms with Crippen LogP contribution in [0.2, 0.25) is 0 Å². The Kier molecular flexibility index (Phi) is 10.1. The molecular weight excluding hydrogens is 223 g/mol. The Bertz CT molecular complexity index is 269. The molecule has 0 fully saturated rings. The number of hydrogen-bond donors (Lipinski definition) is 1. The molecule has 0 unspecified atom stereocenters. The Morgan fingerprint density at radius 3 is 2.38 bits per heavy atom. The van der Waals surface area contributed by atoms with E-state index in [-0.39, 0.29) is 70.0 Å². The summed E-state index contributed by atoms with van der Waals surface area (Å²) in [5.41, 5.74) is 0. The van der Waals surface area contributed by atoms with Crippen molar-refractivity contribution in [2.45, 2.75) is 12.8 Å². The summed E-state index contributed by atoms with van der Waals surface area (Å²) < 4.78 is 28.5. The standard InChI is InChI=1S/C6H10O5S.K/c7-6(8)4-2-1-3-5-12(9,10)11;/h2,4H,1,3,5H2,(H,7,8)(H,9,10,11);/q;+1/p-1. The van der Waals surface area contributed by atoms with Crippen molar-refractivity contribution < 1.29 is 74.3 Å². The predicted octanol–water partition coefficient (Wildman–Crippen LogP) is -4.04. The van der Waals surface area contributed by atoms with Crippen LogP contribution in [0.15, 0.2) is 12.2 Å². The summed E-state index contributed by atoms with van der Waals surface area (Å²) in [5, 5.41) is 9.79. The fourth-order valence-corrected chi connectivity index (χ4v) is 1.09. The van der Waals surface area contributed by atoms with Gasteiger partial charge in [0.2, 0.25) is 0 Å². The average molecular weight is 232 g/mol. The van der Waals surface area contributed by atoms with Crippen LogP contribution in [0, 0.1) is 0 Å². The minimum Gasteiger partial charge on any atom is -0.545 e. The van der Waals surface area contributed by atoms with Gasteiger partial charge in [-0.1, -0.05) is 6.08 Å². The van der Waals surface area contributed by atoms with Gasteiger partial charge in [-0.2, -0.15) is 8.42 Å². The molecule has 1 N–H and O–H groups in total. The van der Waals surface area contributed by atoms with E-state index in [1.165, 1.54) is 6.08 Å². The summed E-state index contributed by atoms with van der Waals surface area (Å²) in [7, 11) is -3.92. The second-order valence-corrected chi connectivity index (χ2v) is 3.72. The van der Waals surface area contributed by atoms with Crippen LogP contribution < -0.4 is 56.5 Å². The molecule has 0 aliphatic carbocycles. The van der Waals surface area contributed by atoms with Crippen molar-refractivity contribution in [3.63, 3.8) is 0 Å². The number of carbonyl (C=O) groups excluding carboxylic acids is 1. The van der Waals surface area contributed by atoms with E-state index in [1.54, 1.807) is 0 Å². The van der Waals surface area contributed by atoms with Gasteiger partial charge in [-0.3, -0.25) is 4.55 Å². The topological polar surface area (TPSA) is 94.5 Å². The molecule has 70 valence electrons. The Morgan fingerprint density at radius 1 is 1.46 bits per heavy atom. The molecule has 13 heavy (non-hydrogen) atoms. The zero-order valence-corrected chi connectivity index (χ0v) is 11.2. The van der Waals surface area contributed by atoms with Crippen LogP contribution in [-0.2, 0) is 14.9 Å². The van der Waals surface area contributed by atoms with Gasteiger partial charge in [-0.15, -0.1) is 0 Å². The van der Waals surface area contributed by atoms with Gasteiger partial charge in [0.05, 0.1) is 11.7 Å². The molecule has 0 bridgehead atoms. The summed E-state index contributed by atoms with van der Waals surface area (Å²) in [6.07, 6.45) is 2.58. The Morgan fingerprint density at radius 2 is 2.00 bits per heavy atom. The van der Waals surface area contributed by atoms with Gasteiger partial charge in [0, 0.05) is 0 Å². The third-order valence-electron chi connectivity index (χ3n) is 1.03. The van der Waals surface area contributed by atoms with Crippen molar-refractivity contribution in [3.05, 3.63) is 12.2 Å². The molecule has 0 heterocycles. The van der Waals surface area contributed by atoms with Gasteiger partial charge in [0.1, 0.15) is 0 Å². The first-order chi connectivity index (χ1) is 5.42. The second-order valence-electron chi connectivity index (χ2n) is 2.15. The number of carboxylic acid groups (broad SMARTS) is 1. The van der Waals surface area contributed by atoms with Crippen LogP contribution in [0.5, 0.6) is 0 Å². The van der Waals surface area contributed by atoms with Crippen molar-refractivity contribution in [2.24, 2.45) is 0 Å². The zero-order valence-electron chi connectivity index (χ0n) is 7.26. The first kappa shape index (κ1) is 16.2. The van der Waals surface area contributed by atoms with Crippen LogP contribution in [0.3, 0.4) is 0 Å². The molecule has 0 amide bonds. The van der Waals surface area contributed by atoms with E-state index in [1.807, 2.05) is 0 Å². The van der Waals surface area contributed by atoms with Crippen molar-refractivity contribution >= 4 is 16.1 Å². The fourth-order valence-electron chi connectivity index (χ4n) is 0.563. The molecule has 0 rings (SSSR count). The number of carbonyl (C=O) groups is 1. The Labute approximate surface area is 119 Å². The number of hydrogen-bond acceptors (Lipinski definition) is 4. The number of allylic oxidation sites excluding steroid dienone is 1. The number of rotatable bonds is 5. The molecule has 0 spiro atoms. The molecular formula is C6H9KO5S. The summed E-state index contributed by atoms with van der Waals surface area (Å²) in [6.45, 7) is 0. The van der Waals surface area contributed by atoms with Crippen molar-refractivity contribution in [2.75, 3.05) is 5.75 Å². The quantitative estimate of drug-likeness (QED) is 0.225. The van der Waals surface area contributed by atoms with Crippen molar-refractivity contribution in [3.8, 4) is 0 Å². The van der Waals surface area contributed by atoms with Crippen LogP contribution in [0.1, 0.15) is 12.8 Å². The zero-order chi connectivity index (χ0) is 9.61. The van der Waals surface area contributed by atoms with E-state index in [0.29, 0.717) is 0 Å². The van der Waals surface area contributed by atoms with Crippen LogP contribution >= 0.6 is 0 Å². The number of unbranched alkanes of at least 4 members (excludes halogenated alkanes) is 1. The van der Waals surface area contributed by atoms with E-state index in [2.05, 4.69) is 0 Å². The molecule has 0 aromatic heterocycles. The normalized spacial score (nSPS) is 11.2. The summed E-state index contributed by atoms with van der Waals surface area (Å²) in [6, 6.07) is 0. The monoisotopic (exact) mass is 232 g/mol. The molecule has 0 aliphatic rings. The number of carboxylic acids is 1. The SMILES string of the molecule is O=C([O-])C=CCCCS(=O)(=O)O.[K+]. The second kappa shape index (κ2) is 8.10. The van der Waals surface area contributed by atoms with Gasteiger partial charge < -0.3 is 9.90 Å². The van der Waals surface area contributed by atoms with Crippen molar-refractivity contribution in [1.82, 2.24) is 0 Å². The summed E-state index contributed by atoms with van der Waals surface area (Å²) in [5.74, 6) is -1.67. The molecule has 0 saturated heterocycles. The van der Waals surface area contributed by atoms with Gasteiger partial charge in [-0.05, 0) is 18.9 Å². The van der Waals surface area contributed by atoms with Crippen molar-refractivity contribution in [1.29, 1.82) is 0 Å². The maximum atomic E-state index is 10.1. The maximum Gasteiger partial charge on any atom is 1.00 e. The Balaban J connectivity index is 0.